The van der Waals surface area contributed by atoms with Crippen molar-refractivity contribution in [1.82, 2.24) is 4.98 Å². The zero-order chi connectivity index (χ0) is 21.0. The highest BCUT2D eigenvalue weighted by Gasteiger charge is 2.19. The molecule has 0 atom stereocenters. The molecule has 6 nitrogen and oxygen atoms in total. The molecule has 0 radical (unpaired) electrons. The molecule has 0 bridgehead atoms. The van der Waals surface area contributed by atoms with E-state index in [1.165, 1.54) is 19.2 Å². The summed E-state index contributed by atoms with van der Waals surface area (Å²) in [5, 5.41) is 1.05. The Kier molecular flexibility index (Phi) is 6.44. The Morgan fingerprint density at radius 3 is 2.66 bits per heavy atom. The third kappa shape index (κ3) is 4.22. The summed E-state index contributed by atoms with van der Waals surface area (Å²) in [7, 11) is 1.45. The molecule has 0 aliphatic carbocycles. The van der Waals surface area contributed by atoms with E-state index in [1.807, 2.05) is 25.1 Å². The van der Waals surface area contributed by atoms with E-state index in [1.54, 1.807) is 6.20 Å². The highest BCUT2D eigenvalue weighted by Crippen LogP contribution is 2.36. The summed E-state index contributed by atoms with van der Waals surface area (Å²) in [5.41, 5.74) is 2.71. The van der Waals surface area contributed by atoms with Crippen molar-refractivity contribution in [3.05, 3.63) is 58.2 Å². The Labute approximate surface area is 173 Å². The Hall–Kier alpha value is -2.99. The number of ether oxygens (including phenoxy) is 3. The van der Waals surface area contributed by atoms with Crippen LogP contribution in [0.3, 0.4) is 0 Å². The topological polar surface area (TPSA) is 77.6 Å². The Balaban J connectivity index is 1.76. The molecule has 0 spiro atoms. The summed E-state index contributed by atoms with van der Waals surface area (Å²) in [4.78, 5) is 28.2. The number of carbonyl (C=O) groups excluding carboxylic acids is 2. The van der Waals surface area contributed by atoms with Crippen molar-refractivity contribution in [3.8, 4) is 11.5 Å². The summed E-state index contributed by atoms with van der Waals surface area (Å²) in [6.07, 6.45) is 2.50. The fourth-order valence-corrected chi connectivity index (χ4v) is 3.42. The fourth-order valence-electron chi connectivity index (χ4n) is 3.16. The SMILES string of the molecule is CCOc1c(Cl)cc(C(=O)OCC(=O)c2c[nH]c3c(CC)cccc23)cc1OC. The van der Waals surface area contributed by atoms with E-state index in [0.29, 0.717) is 23.7 Å². The van der Waals surface area contributed by atoms with E-state index >= 15 is 0 Å². The summed E-state index contributed by atoms with van der Waals surface area (Å²) < 4.78 is 15.9. The molecule has 0 aliphatic rings. The van der Waals surface area contributed by atoms with E-state index in [9.17, 15) is 9.59 Å². The number of fused-ring (bicyclic) bond motifs is 1. The predicted octanol–water partition coefficient (Wildman–Crippen LogP) is 4.83. The number of benzene rings is 2. The van der Waals surface area contributed by atoms with Crippen LogP contribution in [-0.4, -0.2) is 37.1 Å². The Bertz CT molecular complexity index is 1060. The van der Waals surface area contributed by atoms with Crippen LogP contribution < -0.4 is 9.47 Å². The number of ketones is 1. The molecule has 0 unspecified atom stereocenters. The van der Waals surface area contributed by atoms with E-state index in [0.717, 1.165) is 22.9 Å². The molecular weight excluding hydrogens is 394 g/mol. The summed E-state index contributed by atoms with van der Waals surface area (Å²) in [6, 6.07) is 8.70. The third-order valence-electron chi connectivity index (χ3n) is 4.57. The predicted molar refractivity (Wildman–Crippen MR) is 111 cm³/mol. The maximum absolute atomic E-state index is 12.6. The van der Waals surface area contributed by atoms with E-state index in [4.69, 9.17) is 25.8 Å². The number of hydrogen-bond donors (Lipinski definition) is 1. The van der Waals surface area contributed by atoms with Gasteiger partial charge in [0.15, 0.2) is 18.1 Å². The normalized spacial score (nSPS) is 10.8. The molecule has 1 aromatic heterocycles. The number of halogens is 1. The van der Waals surface area contributed by atoms with Crippen LogP contribution in [0.25, 0.3) is 10.9 Å². The van der Waals surface area contributed by atoms with Crippen molar-refractivity contribution in [2.24, 2.45) is 0 Å². The highest BCUT2D eigenvalue weighted by atomic mass is 35.5. The number of Topliss-reactive ketones (excluding diaryl/α,β-unsaturated/α-hetero) is 1. The number of hydrogen-bond acceptors (Lipinski definition) is 5. The largest absolute Gasteiger partial charge is 0.493 e. The first-order chi connectivity index (χ1) is 14.0. The van der Waals surface area contributed by atoms with Gasteiger partial charge in [0.1, 0.15) is 0 Å². The third-order valence-corrected chi connectivity index (χ3v) is 4.85. The minimum atomic E-state index is -0.671. The molecule has 0 saturated heterocycles. The fraction of sp³-hybridized carbons (Fsp3) is 0.273. The van der Waals surface area contributed by atoms with Crippen molar-refractivity contribution in [3.63, 3.8) is 0 Å². The van der Waals surface area contributed by atoms with Crippen LogP contribution in [0.2, 0.25) is 5.02 Å². The number of esters is 1. The van der Waals surface area contributed by atoms with Crippen molar-refractivity contribution in [2.75, 3.05) is 20.3 Å². The number of methoxy groups -OCH3 is 1. The molecule has 0 amide bonds. The van der Waals surface area contributed by atoms with Crippen LogP contribution in [0, 0.1) is 0 Å². The number of carbonyl (C=O) groups is 2. The molecule has 0 aliphatic heterocycles. The summed E-state index contributed by atoms with van der Waals surface area (Å²) in [6.45, 7) is 3.89. The van der Waals surface area contributed by atoms with Gasteiger partial charge < -0.3 is 19.2 Å². The van der Waals surface area contributed by atoms with E-state index < -0.39 is 5.97 Å². The number of H-pyrrole nitrogens is 1. The maximum Gasteiger partial charge on any atom is 0.338 e. The molecule has 152 valence electrons. The van der Waals surface area contributed by atoms with Gasteiger partial charge in [-0.3, -0.25) is 4.79 Å². The molecule has 7 heteroatoms. The van der Waals surface area contributed by atoms with Gasteiger partial charge in [-0.1, -0.05) is 36.7 Å². The minimum absolute atomic E-state index is 0.176. The van der Waals surface area contributed by atoms with Gasteiger partial charge in [-0.05, 0) is 31.0 Å². The zero-order valence-corrected chi connectivity index (χ0v) is 17.3. The molecular formula is C22H22ClNO5. The van der Waals surface area contributed by atoms with Crippen LogP contribution in [0.4, 0.5) is 0 Å². The second kappa shape index (κ2) is 9.01. The first-order valence-corrected chi connectivity index (χ1v) is 9.67. The van der Waals surface area contributed by atoms with Crippen molar-refractivity contribution in [2.45, 2.75) is 20.3 Å². The van der Waals surface area contributed by atoms with Gasteiger partial charge in [0.05, 0.1) is 24.3 Å². The van der Waals surface area contributed by atoms with Gasteiger partial charge in [-0.2, -0.15) is 0 Å². The van der Waals surface area contributed by atoms with Crippen LogP contribution in [0.15, 0.2) is 36.5 Å². The average molecular weight is 416 g/mol. The molecule has 3 aromatic rings. The first kappa shape index (κ1) is 20.7. The molecule has 29 heavy (non-hydrogen) atoms. The van der Waals surface area contributed by atoms with Gasteiger partial charge in [0.25, 0.3) is 0 Å². The lowest BCUT2D eigenvalue weighted by Gasteiger charge is -2.12. The Morgan fingerprint density at radius 1 is 1.17 bits per heavy atom. The van der Waals surface area contributed by atoms with Crippen molar-refractivity contribution >= 4 is 34.3 Å². The van der Waals surface area contributed by atoms with Crippen LogP contribution in [0.5, 0.6) is 11.5 Å². The second-order valence-electron chi connectivity index (χ2n) is 6.32. The molecule has 0 saturated carbocycles. The number of para-hydroxylation sites is 1. The monoisotopic (exact) mass is 415 g/mol. The lowest BCUT2D eigenvalue weighted by molar-refractivity contribution is 0.0475. The first-order valence-electron chi connectivity index (χ1n) is 9.29. The van der Waals surface area contributed by atoms with Gasteiger partial charge in [-0.15, -0.1) is 0 Å². The molecule has 0 fully saturated rings. The van der Waals surface area contributed by atoms with E-state index in [-0.39, 0.29) is 23.0 Å². The number of aromatic nitrogens is 1. The number of nitrogens with one attached hydrogen (secondary N) is 1. The number of aryl methyl sites for hydroxylation is 1. The zero-order valence-electron chi connectivity index (χ0n) is 16.5. The number of rotatable bonds is 8. The van der Waals surface area contributed by atoms with Crippen LogP contribution in [-0.2, 0) is 11.2 Å². The van der Waals surface area contributed by atoms with Gasteiger partial charge >= 0.3 is 5.97 Å². The van der Waals surface area contributed by atoms with Gasteiger partial charge in [0.2, 0.25) is 5.78 Å². The molecule has 3 rings (SSSR count). The molecule has 2 aromatic carbocycles. The average Bonchev–Trinajstić information content (AvgIpc) is 3.17. The van der Waals surface area contributed by atoms with Gasteiger partial charge in [-0.25, -0.2) is 4.79 Å². The van der Waals surface area contributed by atoms with Crippen LogP contribution >= 0.6 is 11.6 Å². The van der Waals surface area contributed by atoms with Crippen LogP contribution in [0.1, 0.15) is 40.1 Å². The standard InChI is InChI=1S/C22H22ClNO5/c1-4-13-7-6-8-15-16(11-24-20(13)15)18(25)12-29-22(26)14-9-17(23)21(28-5-2)19(10-14)27-3/h6-11,24H,4-5,12H2,1-3H3. The van der Waals surface area contributed by atoms with Crippen molar-refractivity contribution < 1.29 is 23.8 Å². The summed E-state index contributed by atoms with van der Waals surface area (Å²) in [5.74, 6) is -0.284. The molecule has 1 heterocycles. The minimum Gasteiger partial charge on any atom is -0.493 e. The maximum atomic E-state index is 12.6. The smallest absolute Gasteiger partial charge is 0.338 e. The lowest BCUT2D eigenvalue weighted by Crippen LogP contribution is -2.14. The quantitative estimate of drug-likeness (QED) is 0.421. The Morgan fingerprint density at radius 2 is 1.97 bits per heavy atom. The van der Waals surface area contributed by atoms with Crippen molar-refractivity contribution in [1.29, 1.82) is 0 Å². The molecule has 1 N–H and O–H groups in total. The number of aromatic amines is 1. The highest BCUT2D eigenvalue weighted by molar-refractivity contribution is 6.32. The lowest BCUT2D eigenvalue weighted by atomic mass is 10.1. The van der Waals surface area contributed by atoms with E-state index in [2.05, 4.69) is 11.9 Å². The summed E-state index contributed by atoms with van der Waals surface area (Å²) >= 11 is 6.19. The van der Waals surface area contributed by atoms with Gasteiger partial charge in [0, 0.05) is 22.7 Å². The second-order valence-corrected chi connectivity index (χ2v) is 6.72.